The van der Waals surface area contributed by atoms with Crippen LogP contribution in [0.1, 0.15) is 12.5 Å². The third-order valence-corrected chi connectivity index (χ3v) is 2.69. The quantitative estimate of drug-likeness (QED) is 0.762. The topological polar surface area (TPSA) is 35.5 Å². The molecule has 0 saturated carbocycles. The first-order valence-electron chi connectivity index (χ1n) is 4.30. The summed E-state index contributed by atoms with van der Waals surface area (Å²) >= 11 is 3.37. The molecule has 2 rings (SSSR count). The number of carbonyl (C=O) groups is 1. The van der Waals surface area contributed by atoms with Gasteiger partial charge in [-0.05, 0) is 35.0 Å². The van der Waals surface area contributed by atoms with E-state index in [9.17, 15) is 4.79 Å². The summed E-state index contributed by atoms with van der Waals surface area (Å²) in [5.74, 6) is 1.40. The van der Waals surface area contributed by atoms with E-state index in [1.165, 1.54) is 0 Å². The third-order valence-electron chi connectivity index (χ3n) is 2.10. The van der Waals surface area contributed by atoms with Gasteiger partial charge < -0.3 is 9.47 Å². The molecule has 14 heavy (non-hydrogen) atoms. The maximum absolute atomic E-state index is 10.2. The number of benzene rings is 1. The Morgan fingerprint density at radius 1 is 1.64 bits per heavy atom. The zero-order valence-electron chi connectivity index (χ0n) is 7.62. The van der Waals surface area contributed by atoms with Crippen molar-refractivity contribution in [3.05, 3.63) is 22.2 Å². The molecule has 1 aromatic carbocycles. The van der Waals surface area contributed by atoms with Crippen molar-refractivity contribution in [3.8, 4) is 11.5 Å². The highest BCUT2D eigenvalue weighted by Crippen LogP contribution is 2.39. The maximum atomic E-state index is 10.2. The standard InChI is InChI=1S/C10H9BrO3/c1-6-2-7-3-8(13-5-12)4-9(11)10(7)14-6/h3-6H,2H2,1H3. The second kappa shape index (κ2) is 3.61. The summed E-state index contributed by atoms with van der Waals surface area (Å²) in [6.07, 6.45) is 1.04. The molecule has 74 valence electrons. The van der Waals surface area contributed by atoms with Gasteiger partial charge in [-0.15, -0.1) is 0 Å². The minimum atomic E-state index is 0.188. The highest BCUT2D eigenvalue weighted by molar-refractivity contribution is 9.10. The molecule has 1 atom stereocenters. The van der Waals surface area contributed by atoms with Gasteiger partial charge in [0, 0.05) is 12.0 Å². The van der Waals surface area contributed by atoms with Crippen molar-refractivity contribution < 1.29 is 14.3 Å². The van der Waals surface area contributed by atoms with Crippen molar-refractivity contribution in [2.75, 3.05) is 0 Å². The number of fused-ring (bicyclic) bond motifs is 1. The minimum Gasteiger partial charge on any atom is -0.489 e. The Morgan fingerprint density at radius 3 is 3.14 bits per heavy atom. The molecule has 0 saturated heterocycles. The van der Waals surface area contributed by atoms with Gasteiger partial charge in [0.15, 0.2) is 0 Å². The monoisotopic (exact) mass is 256 g/mol. The van der Waals surface area contributed by atoms with Crippen LogP contribution in [0.5, 0.6) is 11.5 Å². The largest absolute Gasteiger partial charge is 0.489 e. The van der Waals surface area contributed by atoms with E-state index < -0.39 is 0 Å². The van der Waals surface area contributed by atoms with Gasteiger partial charge in [-0.1, -0.05) is 0 Å². The average Bonchev–Trinajstić information content (AvgIpc) is 2.47. The van der Waals surface area contributed by atoms with Crippen LogP contribution in [0.3, 0.4) is 0 Å². The molecule has 0 spiro atoms. The van der Waals surface area contributed by atoms with E-state index in [4.69, 9.17) is 9.47 Å². The second-order valence-corrected chi connectivity index (χ2v) is 4.09. The Bertz CT molecular complexity index is 376. The molecule has 1 aromatic rings. The molecule has 0 radical (unpaired) electrons. The first kappa shape index (κ1) is 9.52. The fourth-order valence-electron chi connectivity index (χ4n) is 1.58. The highest BCUT2D eigenvalue weighted by atomic mass is 79.9. The SMILES string of the molecule is CC1Cc2cc(OC=O)cc(Br)c2O1. The molecule has 1 heterocycles. The van der Waals surface area contributed by atoms with Crippen LogP contribution < -0.4 is 9.47 Å². The fraction of sp³-hybridized carbons (Fsp3) is 0.300. The van der Waals surface area contributed by atoms with Gasteiger partial charge in [0.05, 0.1) is 4.47 Å². The summed E-state index contributed by atoms with van der Waals surface area (Å²) in [6.45, 7) is 2.43. The molecule has 4 heteroatoms. The van der Waals surface area contributed by atoms with E-state index in [2.05, 4.69) is 15.9 Å². The highest BCUT2D eigenvalue weighted by Gasteiger charge is 2.22. The lowest BCUT2D eigenvalue weighted by Gasteiger charge is -2.05. The maximum Gasteiger partial charge on any atom is 0.298 e. The van der Waals surface area contributed by atoms with Crippen LogP contribution in [0.15, 0.2) is 16.6 Å². The van der Waals surface area contributed by atoms with Crippen LogP contribution in [-0.2, 0) is 11.2 Å². The smallest absolute Gasteiger partial charge is 0.298 e. The van der Waals surface area contributed by atoms with Crippen molar-refractivity contribution in [2.45, 2.75) is 19.4 Å². The van der Waals surface area contributed by atoms with Gasteiger partial charge in [0.1, 0.15) is 17.6 Å². The number of carbonyl (C=O) groups excluding carboxylic acids is 1. The van der Waals surface area contributed by atoms with Crippen molar-refractivity contribution in [1.29, 1.82) is 0 Å². The van der Waals surface area contributed by atoms with Gasteiger partial charge >= 0.3 is 0 Å². The molecule has 0 amide bonds. The molecule has 1 unspecified atom stereocenters. The van der Waals surface area contributed by atoms with Crippen LogP contribution in [0, 0.1) is 0 Å². The molecule has 1 aliphatic rings. The Balaban J connectivity index is 2.40. The lowest BCUT2D eigenvalue weighted by Crippen LogP contribution is -2.05. The third kappa shape index (κ3) is 1.62. The van der Waals surface area contributed by atoms with Crippen molar-refractivity contribution in [3.63, 3.8) is 0 Å². The predicted molar refractivity (Wildman–Crippen MR) is 54.6 cm³/mol. The lowest BCUT2D eigenvalue weighted by atomic mass is 10.1. The van der Waals surface area contributed by atoms with E-state index in [0.717, 1.165) is 22.2 Å². The number of ether oxygens (including phenoxy) is 2. The summed E-state index contributed by atoms with van der Waals surface area (Å²) in [5.41, 5.74) is 1.07. The van der Waals surface area contributed by atoms with Crippen LogP contribution in [0.2, 0.25) is 0 Å². The van der Waals surface area contributed by atoms with Crippen LogP contribution in [0.4, 0.5) is 0 Å². The molecule has 0 aliphatic carbocycles. The molecule has 3 nitrogen and oxygen atoms in total. The van der Waals surface area contributed by atoms with Gasteiger partial charge in [0.2, 0.25) is 0 Å². The summed E-state index contributed by atoms with van der Waals surface area (Å²) < 4.78 is 11.2. The number of halogens is 1. The average molecular weight is 257 g/mol. The summed E-state index contributed by atoms with van der Waals surface area (Å²) in [5, 5.41) is 0. The Labute approximate surface area is 90.1 Å². The summed E-state index contributed by atoms with van der Waals surface area (Å²) in [7, 11) is 0. The van der Waals surface area contributed by atoms with Gasteiger partial charge in [-0.25, -0.2) is 0 Å². The summed E-state index contributed by atoms with van der Waals surface area (Å²) in [4.78, 5) is 10.2. The zero-order chi connectivity index (χ0) is 10.1. The number of rotatable bonds is 2. The van der Waals surface area contributed by atoms with Crippen LogP contribution >= 0.6 is 15.9 Å². The Hall–Kier alpha value is -1.03. The van der Waals surface area contributed by atoms with Gasteiger partial charge in [0.25, 0.3) is 6.47 Å². The van der Waals surface area contributed by atoms with E-state index in [0.29, 0.717) is 12.2 Å². The second-order valence-electron chi connectivity index (χ2n) is 3.24. The number of hydrogen-bond donors (Lipinski definition) is 0. The molecule has 0 fully saturated rings. The fourth-order valence-corrected chi connectivity index (χ4v) is 2.16. The van der Waals surface area contributed by atoms with Gasteiger partial charge in [-0.3, -0.25) is 4.79 Å². The molecule has 0 bridgehead atoms. The van der Waals surface area contributed by atoms with Crippen molar-refractivity contribution in [1.82, 2.24) is 0 Å². The van der Waals surface area contributed by atoms with E-state index >= 15 is 0 Å². The molecule has 0 N–H and O–H groups in total. The normalized spacial score (nSPS) is 18.6. The molecular weight excluding hydrogens is 248 g/mol. The van der Waals surface area contributed by atoms with Crippen molar-refractivity contribution in [2.24, 2.45) is 0 Å². The molecule has 0 aromatic heterocycles. The summed E-state index contributed by atoms with van der Waals surface area (Å²) in [6, 6.07) is 3.56. The van der Waals surface area contributed by atoms with Crippen LogP contribution in [-0.4, -0.2) is 12.6 Å². The van der Waals surface area contributed by atoms with Crippen LogP contribution in [0.25, 0.3) is 0 Å². The van der Waals surface area contributed by atoms with Crippen molar-refractivity contribution >= 4 is 22.4 Å². The Morgan fingerprint density at radius 2 is 2.43 bits per heavy atom. The predicted octanol–water partition coefficient (Wildman–Crippen LogP) is 2.31. The van der Waals surface area contributed by atoms with E-state index in [-0.39, 0.29) is 6.10 Å². The zero-order valence-corrected chi connectivity index (χ0v) is 9.21. The first-order chi connectivity index (χ1) is 6.70. The minimum absolute atomic E-state index is 0.188. The Kier molecular flexibility index (Phi) is 2.46. The lowest BCUT2D eigenvalue weighted by molar-refractivity contribution is -0.120. The molecule has 1 aliphatic heterocycles. The van der Waals surface area contributed by atoms with E-state index in [1.807, 2.05) is 13.0 Å². The number of hydrogen-bond acceptors (Lipinski definition) is 3. The molecular formula is C10H9BrO3. The van der Waals surface area contributed by atoms with Gasteiger partial charge in [-0.2, -0.15) is 0 Å². The first-order valence-corrected chi connectivity index (χ1v) is 5.09. The van der Waals surface area contributed by atoms with E-state index in [1.54, 1.807) is 6.07 Å².